The molecule has 1 heteroatoms. The van der Waals surface area contributed by atoms with Crippen molar-refractivity contribution in [3.63, 3.8) is 0 Å². The van der Waals surface area contributed by atoms with Gasteiger partial charge in [0.2, 0.25) is 0 Å². The first-order chi connectivity index (χ1) is 4.35. The van der Waals surface area contributed by atoms with Gasteiger partial charge >= 0.3 is 0 Å². The Balaban J connectivity index is 2.92. The van der Waals surface area contributed by atoms with Crippen LogP contribution in [0.1, 0.15) is 41.0 Å². The molecule has 0 amide bonds. The van der Waals surface area contributed by atoms with Gasteiger partial charge in [-0.15, -0.1) is 0 Å². The molecule has 1 aliphatic rings. The average Bonchev–Trinajstić information content (AvgIpc) is 1.73. The van der Waals surface area contributed by atoms with E-state index in [-0.39, 0.29) is 5.54 Å². The van der Waals surface area contributed by atoms with E-state index in [0.29, 0.717) is 5.41 Å². The van der Waals surface area contributed by atoms with Gasteiger partial charge in [0.1, 0.15) is 0 Å². The van der Waals surface area contributed by atoms with Gasteiger partial charge in [0.15, 0.2) is 0 Å². The van der Waals surface area contributed by atoms with Crippen LogP contribution in [-0.4, -0.2) is 11.3 Å². The molecule has 0 spiro atoms. The Labute approximate surface area is 63.5 Å². The Bertz CT molecular complexity index is 175. The van der Waals surface area contributed by atoms with Crippen molar-refractivity contribution < 1.29 is 0 Å². The predicted octanol–water partition coefficient (Wildman–Crippen LogP) is 2.66. The fraction of sp³-hybridized carbons (Fsp3) is 0.889. The molecular formula is C9H17N. The van der Waals surface area contributed by atoms with Crippen molar-refractivity contribution >= 4 is 5.71 Å². The van der Waals surface area contributed by atoms with Crippen molar-refractivity contribution in [2.24, 2.45) is 10.4 Å². The summed E-state index contributed by atoms with van der Waals surface area (Å²) in [5, 5.41) is 0. The van der Waals surface area contributed by atoms with E-state index in [1.54, 1.807) is 0 Å². The van der Waals surface area contributed by atoms with Crippen LogP contribution in [0.25, 0.3) is 0 Å². The molecule has 0 bridgehead atoms. The average molecular weight is 139 g/mol. The van der Waals surface area contributed by atoms with Crippen LogP contribution < -0.4 is 0 Å². The van der Waals surface area contributed by atoms with Crippen LogP contribution in [0.4, 0.5) is 0 Å². The zero-order valence-corrected chi connectivity index (χ0v) is 7.65. The summed E-state index contributed by atoms with van der Waals surface area (Å²) in [5.74, 6) is 0. The molecule has 0 fully saturated rings. The van der Waals surface area contributed by atoms with Gasteiger partial charge in [0.05, 0.1) is 5.54 Å². The maximum Gasteiger partial charge on any atom is 0.0605 e. The zero-order valence-electron chi connectivity index (χ0n) is 7.65. The fourth-order valence-electron chi connectivity index (χ4n) is 1.52. The largest absolute Gasteiger partial charge is 0.288 e. The number of hydrogen-bond donors (Lipinski definition) is 0. The summed E-state index contributed by atoms with van der Waals surface area (Å²) in [5.41, 5.74) is 1.81. The lowest BCUT2D eigenvalue weighted by Gasteiger charge is -2.32. The van der Waals surface area contributed by atoms with Crippen molar-refractivity contribution in [2.75, 3.05) is 0 Å². The van der Waals surface area contributed by atoms with Gasteiger partial charge in [0.25, 0.3) is 0 Å². The summed E-state index contributed by atoms with van der Waals surface area (Å²) in [6.45, 7) is 11.1. The molecular weight excluding hydrogens is 122 g/mol. The minimum absolute atomic E-state index is 0.150. The van der Waals surface area contributed by atoms with E-state index in [0.717, 1.165) is 6.42 Å². The van der Waals surface area contributed by atoms with E-state index >= 15 is 0 Å². The smallest absolute Gasteiger partial charge is 0.0605 e. The highest BCUT2D eigenvalue weighted by molar-refractivity contribution is 5.85. The topological polar surface area (TPSA) is 12.4 Å². The molecule has 1 rings (SSSR count). The zero-order chi connectivity index (χ0) is 7.99. The Morgan fingerprint density at radius 2 is 1.70 bits per heavy atom. The summed E-state index contributed by atoms with van der Waals surface area (Å²) in [4.78, 5) is 4.59. The summed E-state index contributed by atoms with van der Waals surface area (Å²) in [6, 6.07) is 0. The summed E-state index contributed by atoms with van der Waals surface area (Å²) in [7, 11) is 0. The Hall–Kier alpha value is -0.330. The van der Waals surface area contributed by atoms with E-state index in [2.05, 4.69) is 39.6 Å². The maximum absolute atomic E-state index is 4.59. The van der Waals surface area contributed by atoms with Gasteiger partial charge < -0.3 is 0 Å². The van der Waals surface area contributed by atoms with Gasteiger partial charge in [-0.2, -0.15) is 0 Å². The van der Waals surface area contributed by atoms with Crippen LogP contribution in [0.2, 0.25) is 0 Å². The van der Waals surface area contributed by atoms with Crippen molar-refractivity contribution in [3.8, 4) is 0 Å². The van der Waals surface area contributed by atoms with Crippen LogP contribution in [0.15, 0.2) is 4.99 Å². The van der Waals surface area contributed by atoms with Crippen molar-refractivity contribution in [1.29, 1.82) is 0 Å². The first-order valence-corrected chi connectivity index (χ1v) is 3.90. The molecule has 0 aromatic heterocycles. The third kappa shape index (κ3) is 0.979. The summed E-state index contributed by atoms with van der Waals surface area (Å²) < 4.78 is 0. The summed E-state index contributed by atoms with van der Waals surface area (Å²) in [6.07, 6.45) is 1.15. The van der Waals surface area contributed by atoms with E-state index in [1.807, 2.05) is 0 Å². The van der Waals surface area contributed by atoms with Crippen LogP contribution in [0.5, 0.6) is 0 Å². The fourth-order valence-corrected chi connectivity index (χ4v) is 1.52. The molecule has 58 valence electrons. The van der Waals surface area contributed by atoms with E-state index in [4.69, 9.17) is 0 Å². The molecule has 1 nitrogen and oxygen atoms in total. The normalized spacial score (nSPS) is 28.3. The lowest BCUT2D eigenvalue weighted by Crippen LogP contribution is -2.32. The molecule has 0 saturated heterocycles. The van der Waals surface area contributed by atoms with Crippen molar-refractivity contribution in [3.05, 3.63) is 0 Å². The second-order valence-electron chi connectivity index (χ2n) is 4.47. The SMILES string of the molecule is CC1=NC(C)(C)C(C)(C)C1. The molecule has 0 unspecified atom stereocenters. The second-order valence-corrected chi connectivity index (χ2v) is 4.47. The Morgan fingerprint density at radius 3 is 1.80 bits per heavy atom. The van der Waals surface area contributed by atoms with Gasteiger partial charge in [-0.3, -0.25) is 4.99 Å². The van der Waals surface area contributed by atoms with Crippen molar-refractivity contribution in [1.82, 2.24) is 0 Å². The third-order valence-corrected chi connectivity index (χ3v) is 2.82. The van der Waals surface area contributed by atoms with Gasteiger partial charge in [-0.25, -0.2) is 0 Å². The lowest BCUT2D eigenvalue weighted by molar-refractivity contribution is 0.238. The molecule has 0 radical (unpaired) electrons. The molecule has 1 heterocycles. The quantitative estimate of drug-likeness (QED) is 0.489. The van der Waals surface area contributed by atoms with Crippen molar-refractivity contribution in [2.45, 2.75) is 46.6 Å². The number of hydrogen-bond acceptors (Lipinski definition) is 1. The first kappa shape index (κ1) is 7.77. The Morgan fingerprint density at radius 1 is 1.20 bits per heavy atom. The monoisotopic (exact) mass is 139 g/mol. The van der Waals surface area contributed by atoms with Gasteiger partial charge in [0, 0.05) is 5.71 Å². The maximum atomic E-state index is 4.59. The highest BCUT2D eigenvalue weighted by Gasteiger charge is 2.41. The van der Waals surface area contributed by atoms with Crippen LogP contribution >= 0.6 is 0 Å². The van der Waals surface area contributed by atoms with Gasteiger partial charge in [-0.1, -0.05) is 13.8 Å². The minimum Gasteiger partial charge on any atom is -0.288 e. The highest BCUT2D eigenvalue weighted by Crippen LogP contribution is 2.42. The standard InChI is InChI=1S/C9H17N/c1-7-6-8(2,3)9(4,5)10-7/h6H2,1-5H3. The van der Waals surface area contributed by atoms with E-state index in [9.17, 15) is 0 Å². The molecule has 0 saturated carbocycles. The lowest BCUT2D eigenvalue weighted by atomic mass is 9.75. The van der Waals surface area contributed by atoms with E-state index in [1.165, 1.54) is 5.71 Å². The predicted molar refractivity (Wildman–Crippen MR) is 45.6 cm³/mol. The number of rotatable bonds is 0. The third-order valence-electron chi connectivity index (χ3n) is 2.82. The molecule has 0 aromatic rings. The van der Waals surface area contributed by atoms with Crippen LogP contribution in [0.3, 0.4) is 0 Å². The molecule has 0 aromatic carbocycles. The molecule has 1 aliphatic heterocycles. The minimum atomic E-state index is 0.150. The van der Waals surface area contributed by atoms with Crippen LogP contribution in [-0.2, 0) is 0 Å². The second kappa shape index (κ2) is 1.84. The molecule has 0 N–H and O–H groups in total. The molecule has 10 heavy (non-hydrogen) atoms. The molecule has 0 atom stereocenters. The highest BCUT2D eigenvalue weighted by atomic mass is 14.9. The molecule has 0 aliphatic carbocycles. The van der Waals surface area contributed by atoms with Crippen LogP contribution in [0, 0.1) is 5.41 Å². The number of nitrogens with zero attached hydrogens (tertiary/aromatic N) is 1. The summed E-state index contributed by atoms with van der Waals surface area (Å²) >= 11 is 0. The van der Waals surface area contributed by atoms with Gasteiger partial charge in [-0.05, 0) is 32.6 Å². The number of aliphatic imine (C=N–C) groups is 1. The first-order valence-electron chi connectivity index (χ1n) is 3.90. The Kier molecular flexibility index (Phi) is 1.43. The van der Waals surface area contributed by atoms with E-state index < -0.39 is 0 Å².